The molecule has 0 spiro atoms. The van der Waals surface area contributed by atoms with Crippen LogP contribution >= 0.6 is 18.5 Å². The molecule has 0 heterocycles. The van der Waals surface area contributed by atoms with Gasteiger partial charge in [0.15, 0.2) is 5.71 Å². The molecular weight excluding hydrogens is 463 g/mol. The van der Waals surface area contributed by atoms with Crippen LogP contribution in [0.3, 0.4) is 0 Å². The van der Waals surface area contributed by atoms with Gasteiger partial charge in [0.1, 0.15) is 25.2 Å². The average molecular weight is 489 g/mol. The van der Waals surface area contributed by atoms with Crippen LogP contribution in [0.15, 0.2) is 52.8 Å². The van der Waals surface area contributed by atoms with Crippen molar-refractivity contribution in [1.82, 2.24) is 5.32 Å². The Bertz CT molecular complexity index is 1120. The van der Waals surface area contributed by atoms with Crippen molar-refractivity contribution in [3.05, 3.63) is 64.7 Å². The first kappa shape index (κ1) is 26.3. The van der Waals surface area contributed by atoms with Crippen LogP contribution in [0.25, 0.3) is 0 Å². The average Bonchev–Trinajstić information content (AvgIpc) is 2.76. The zero-order valence-corrected chi connectivity index (χ0v) is 21.1. The lowest BCUT2D eigenvalue weighted by Crippen LogP contribution is -2.29. The Kier molecular flexibility index (Phi) is 9.78. The number of aryl methyl sites for hydroxylation is 1. The number of amides is 1. The highest BCUT2D eigenvalue weighted by molar-refractivity contribution is 7.38. The van der Waals surface area contributed by atoms with Crippen LogP contribution < -0.4 is 10.1 Å². The van der Waals surface area contributed by atoms with E-state index in [2.05, 4.69) is 27.5 Å². The van der Waals surface area contributed by atoms with Crippen LogP contribution in [0.5, 0.6) is 5.75 Å². The van der Waals surface area contributed by atoms with Crippen LogP contribution in [0.4, 0.5) is 4.39 Å². The molecule has 2 rings (SSSR count). The quantitative estimate of drug-likeness (QED) is 0.265. The predicted molar refractivity (Wildman–Crippen MR) is 134 cm³/mol. The molecule has 33 heavy (non-hydrogen) atoms. The highest BCUT2D eigenvalue weighted by Gasteiger charge is 2.20. The molecule has 0 saturated heterocycles. The van der Waals surface area contributed by atoms with Crippen molar-refractivity contribution in [2.45, 2.75) is 25.8 Å². The van der Waals surface area contributed by atoms with Gasteiger partial charge in [-0.3, -0.25) is 4.79 Å². The number of para-hydroxylation sites is 1. The largest absolute Gasteiger partial charge is 0.451 e. The Hall–Kier alpha value is -3.00. The molecule has 0 aromatic heterocycles. The minimum absolute atomic E-state index is 0.0882. The summed E-state index contributed by atoms with van der Waals surface area (Å²) in [6, 6.07) is 12.3. The standard InChI is InChI=1S/C23H26FN3O4P2/c1-15-8-7-10-18(21(27-29-4)22(28)25-3)19(15)14-30-26-16(2)12-13-17-9-5-6-11-20(17)31-23(24,32)33/h5-11H,14,32-33H2,1-4H3,(H,25,28)/b26-16+,27-21+. The Morgan fingerprint density at radius 1 is 1.18 bits per heavy atom. The van der Waals surface area contributed by atoms with Gasteiger partial charge in [0, 0.05) is 18.2 Å². The zero-order valence-electron chi connectivity index (χ0n) is 18.8. The number of benzene rings is 2. The lowest BCUT2D eigenvalue weighted by atomic mass is 9.98. The van der Waals surface area contributed by atoms with E-state index in [0.717, 1.165) is 11.1 Å². The molecule has 2 unspecified atom stereocenters. The van der Waals surface area contributed by atoms with Gasteiger partial charge < -0.3 is 19.7 Å². The van der Waals surface area contributed by atoms with E-state index in [0.29, 0.717) is 22.6 Å². The Balaban J connectivity index is 2.21. The molecule has 7 nitrogen and oxygen atoms in total. The second-order valence-electron chi connectivity index (χ2n) is 6.80. The zero-order chi connectivity index (χ0) is 24.4. The van der Waals surface area contributed by atoms with Crippen LogP contribution in [-0.2, 0) is 21.1 Å². The third-order valence-corrected chi connectivity index (χ3v) is 4.47. The molecule has 2 aromatic carbocycles. The van der Waals surface area contributed by atoms with E-state index in [1.807, 2.05) is 37.5 Å². The molecule has 0 radical (unpaired) electrons. The molecule has 0 aliphatic rings. The molecule has 0 aliphatic carbocycles. The fourth-order valence-electron chi connectivity index (χ4n) is 2.74. The summed E-state index contributed by atoms with van der Waals surface area (Å²) in [7, 11) is 6.78. The summed E-state index contributed by atoms with van der Waals surface area (Å²) in [5.74, 6) is 5.68. The number of nitrogens with one attached hydrogen (secondary N) is 1. The van der Waals surface area contributed by atoms with Crippen molar-refractivity contribution in [2.24, 2.45) is 10.3 Å². The Morgan fingerprint density at radius 2 is 1.91 bits per heavy atom. The summed E-state index contributed by atoms with van der Waals surface area (Å²) < 4.78 is 19.0. The van der Waals surface area contributed by atoms with E-state index in [-0.39, 0.29) is 18.2 Å². The van der Waals surface area contributed by atoms with E-state index in [9.17, 15) is 9.18 Å². The van der Waals surface area contributed by atoms with E-state index < -0.39 is 5.34 Å². The highest BCUT2D eigenvalue weighted by Crippen LogP contribution is 2.33. The molecule has 174 valence electrons. The molecular formula is C23H26FN3O4P2. The first-order chi connectivity index (χ1) is 15.7. The third kappa shape index (κ3) is 8.13. The molecule has 0 fully saturated rings. The number of ether oxygens (including phenoxy) is 1. The minimum atomic E-state index is -1.99. The number of hydrogen-bond donors (Lipinski definition) is 1. The van der Waals surface area contributed by atoms with Crippen LogP contribution in [0, 0.1) is 18.8 Å². The summed E-state index contributed by atoms with van der Waals surface area (Å²) in [6.45, 7) is 3.67. The molecule has 2 aromatic rings. The van der Waals surface area contributed by atoms with Crippen molar-refractivity contribution in [1.29, 1.82) is 0 Å². The van der Waals surface area contributed by atoms with Crippen molar-refractivity contribution >= 4 is 35.8 Å². The van der Waals surface area contributed by atoms with Gasteiger partial charge in [-0.05, 0) is 55.9 Å². The SMILES string of the molecule is CNC(=O)/C(=N/OC)c1cccc(C)c1CO/N=C(\C)C#Cc1ccccc1OC(F)(P)P. The second kappa shape index (κ2) is 12.3. The summed E-state index contributed by atoms with van der Waals surface area (Å²) in [5, 5.41) is 8.45. The molecule has 0 aliphatic heterocycles. The van der Waals surface area contributed by atoms with Crippen molar-refractivity contribution in [2.75, 3.05) is 14.2 Å². The molecule has 1 N–H and O–H groups in total. The van der Waals surface area contributed by atoms with Crippen LogP contribution in [0.2, 0.25) is 0 Å². The normalized spacial score (nSPS) is 11.8. The van der Waals surface area contributed by atoms with Gasteiger partial charge in [-0.2, -0.15) is 4.39 Å². The molecule has 2 atom stereocenters. The lowest BCUT2D eigenvalue weighted by molar-refractivity contribution is -0.114. The monoisotopic (exact) mass is 489 g/mol. The van der Waals surface area contributed by atoms with Crippen LogP contribution in [-0.4, -0.2) is 36.8 Å². The van der Waals surface area contributed by atoms with Crippen LogP contribution in [0.1, 0.15) is 29.2 Å². The fourth-order valence-corrected chi connectivity index (χ4v) is 2.99. The molecule has 0 bridgehead atoms. The smallest absolute Gasteiger partial charge is 0.273 e. The summed E-state index contributed by atoms with van der Waals surface area (Å²) in [6.07, 6.45) is 0. The van der Waals surface area contributed by atoms with Gasteiger partial charge in [-0.25, -0.2) is 0 Å². The number of carbonyl (C=O) groups excluding carboxylic acids is 1. The second-order valence-corrected chi connectivity index (χ2v) is 9.04. The van der Waals surface area contributed by atoms with Gasteiger partial charge in [0.25, 0.3) is 11.2 Å². The number of rotatable bonds is 8. The Labute approximate surface area is 197 Å². The molecule has 10 heteroatoms. The maximum Gasteiger partial charge on any atom is 0.273 e. The molecule has 0 saturated carbocycles. The van der Waals surface area contributed by atoms with E-state index in [1.165, 1.54) is 14.2 Å². The van der Waals surface area contributed by atoms with E-state index >= 15 is 0 Å². The number of alkyl halides is 1. The first-order valence-electron chi connectivity index (χ1n) is 9.81. The van der Waals surface area contributed by atoms with Crippen molar-refractivity contribution in [3.63, 3.8) is 0 Å². The van der Waals surface area contributed by atoms with E-state index in [1.54, 1.807) is 37.3 Å². The van der Waals surface area contributed by atoms with Gasteiger partial charge in [-0.1, -0.05) is 46.6 Å². The van der Waals surface area contributed by atoms with Gasteiger partial charge >= 0.3 is 0 Å². The number of oxime groups is 2. The summed E-state index contributed by atoms with van der Waals surface area (Å²) in [5.41, 5.74) is 3.25. The summed E-state index contributed by atoms with van der Waals surface area (Å²) >= 11 is 0. The lowest BCUT2D eigenvalue weighted by Gasteiger charge is -2.17. The Morgan fingerprint density at radius 3 is 2.58 bits per heavy atom. The number of carbonyl (C=O) groups is 1. The highest BCUT2D eigenvalue weighted by atomic mass is 31.1. The van der Waals surface area contributed by atoms with Crippen molar-refractivity contribution in [3.8, 4) is 17.6 Å². The maximum absolute atomic E-state index is 13.8. The fraction of sp³-hybridized carbons (Fsp3) is 0.261. The first-order valence-corrected chi connectivity index (χ1v) is 11.0. The number of nitrogens with zero attached hydrogens (tertiary/aromatic N) is 2. The summed E-state index contributed by atoms with van der Waals surface area (Å²) in [4.78, 5) is 22.6. The number of likely N-dealkylation sites (N-methyl/N-ethyl adjacent to an activating group) is 1. The van der Waals surface area contributed by atoms with Gasteiger partial charge in [-0.15, -0.1) is 0 Å². The molecule has 1 amide bonds. The van der Waals surface area contributed by atoms with Crippen molar-refractivity contribution < 1.29 is 23.6 Å². The predicted octanol–water partition coefficient (Wildman–Crippen LogP) is 3.75. The van der Waals surface area contributed by atoms with Gasteiger partial charge in [0.05, 0.1) is 5.56 Å². The van der Waals surface area contributed by atoms with E-state index in [4.69, 9.17) is 14.4 Å². The van der Waals surface area contributed by atoms with Gasteiger partial charge in [0.2, 0.25) is 0 Å². The maximum atomic E-state index is 13.8. The number of halogens is 1. The number of hydrogen-bond acceptors (Lipinski definition) is 6. The minimum Gasteiger partial charge on any atom is -0.451 e. The topological polar surface area (TPSA) is 81.5 Å². The third-order valence-electron chi connectivity index (χ3n) is 4.23.